The van der Waals surface area contributed by atoms with Gasteiger partial charge < -0.3 is 4.90 Å². The molecule has 2 bridgehead atoms. The van der Waals surface area contributed by atoms with Gasteiger partial charge in [0.15, 0.2) is 0 Å². The molecular formula is C14H16N2S. The number of fused-ring (bicyclic) bond motifs is 6. The van der Waals surface area contributed by atoms with Crippen molar-refractivity contribution in [3.05, 3.63) is 23.8 Å². The minimum atomic E-state index is 0.753. The number of hydrogen-bond acceptors (Lipinski definition) is 3. The Labute approximate surface area is 106 Å². The van der Waals surface area contributed by atoms with E-state index in [4.69, 9.17) is 4.99 Å². The van der Waals surface area contributed by atoms with Crippen molar-refractivity contribution in [2.24, 2.45) is 10.9 Å². The van der Waals surface area contributed by atoms with Gasteiger partial charge in [0.25, 0.3) is 0 Å². The van der Waals surface area contributed by atoms with Crippen LogP contribution in [0.15, 0.2) is 28.1 Å². The molecule has 1 saturated carbocycles. The summed E-state index contributed by atoms with van der Waals surface area (Å²) in [6, 6.07) is 7.38. The van der Waals surface area contributed by atoms with Crippen LogP contribution < -0.4 is 0 Å². The molecule has 0 N–H and O–H groups in total. The van der Waals surface area contributed by atoms with Crippen molar-refractivity contribution < 1.29 is 0 Å². The molecule has 3 aliphatic rings. The van der Waals surface area contributed by atoms with Gasteiger partial charge in [-0.2, -0.15) is 0 Å². The van der Waals surface area contributed by atoms with Crippen molar-refractivity contribution in [1.82, 2.24) is 4.90 Å². The third-order valence-corrected chi connectivity index (χ3v) is 5.14. The quantitative estimate of drug-likeness (QED) is 0.703. The molecular weight excluding hydrogens is 228 g/mol. The van der Waals surface area contributed by atoms with E-state index in [1.807, 2.05) is 11.8 Å². The molecule has 3 heteroatoms. The van der Waals surface area contributed by atoms with Crippen LogP contribution in [0.2, 0.25) is 0 Å². The minimum Gasteiger partial charge on any atom is -0.352 e. The van der Waals surface area contributed by atoms with E-state index in [1.54, 1.807) is 0 Å². The SMILES string of the molecule is CSc1cccc2c1N=C1C3CCC(C3)N1C2. The van der Waals surface area contributed by atoms with Gasteiger partial charge in [-0.05, 0) is 37.1 Å². The van der Waals surface area contributed by atoms with E-state index in [0.717, 1.165) is 18.5 Å². The van der Waals surface area contributed by atoms with Crippen molar-refractivity contribution in [3.8, 4) is 0 Å². The summed E-state index contributed by atoms with van der Waals surface area (Å²) in [5.41, 5.74) is 2.66. The third kappa shape index (κ3) is 1.32. The van der Waals surface area contributed by atoms with Crippen LogP contribution in [-0.2, 0) is 6.54 Å². The summed E-state index contributed by atoms with van der Waals surface area (Å²) in [6.07, 6.45) is 6.22. The molecule has 0 radical (unpaired) electrons. The van der Waals surface area contributed by atoms with E-state index in [2.05, 4.69) is 29.4 Å². The molecule has 2 heterocycles. The Bertz CT molecular complexity index is 509. The van der Waals surface area contributed by atoms with Crippen LogP contribution in [0.4, 0.5) is 5.69 Å². The lowest BCUT2D eigenvalue weighted by atomic mass is 10.0. The molecule has 0 aromatic heterocycles. The summed E-state index contributed by atoms with van der Waals surface area (Å²) in [4.78, 5) is 8.87. The van der Waals surface area contributed by atoms with Crippen molar-refractivity contribution >= 4 is 23.3 Å². The minimum absolute atomic E-state index is 0.753. The summed E-state index contributed by atoms with van der Waals surface area (Å²) in [5, 5.41) is 0. The molecule has 1 saturated heterocycles. The number of rotatable bonds is 1. The van der Waals surface area contributed by atoms with Gasteiger partial charge in [-0.1, -0.05) is 12.1 Å². The summed E-state index contributed by atoms with van der Waals surface area (Å²) in [6.45, 7) is 1.09. The highest BCUT2D eigenvalue weighted by molar-refractivity contribution is 7.98. The molecule has 1 aromatic carbocycles. The highest BCUT2D eigenvalue weighted by Gasteiger charge is 2.44. The van der Waals surface area contributed by atoms with Crippen molar-refractivity contribution in [2.45, 2.75) is 36.7 Å². The second-order valence-corrected chi connectivity index (χ2v) is 6.08. The van der Waals surface area contributed by atoms with Crippen molar-refractivity contribution in [2.75, 3.05) is 6.26 Å². The number of thioether (sulfide) groups is 1. The molecule has 1 aromatic rings. The van der Waals surface area contributed by atoms with Gasteiger partial charge >= 0.3 is 0 Å². The Morgan fingerprint density at radius 1 is 1.35 bits per heavy atom. The van der Waals surface area contributed by atoms with E-state index in [9.17, 15) is 0 Å². The topological polar surface area (TPSA) is 15.6 Å². The number of amidine groups is 1. The standard InChI is InChI=1S/C14H16N2S/c1-17-12-4-2-3-10-8-16-11-6-5-9(7-11)14(16)15-13(10)12/h2-4,9,11H,5-8H2,1H3. The average molecular weight is 244 g/mol. The zero-order chi connectivity index (χ0) is 11.4. The van der Waals surface area contributed by atoms with Crippen LogP contribution in [-0.4, -0.2) is 23.0 Å². The van der Waals surface area contributed by atoms with Gasteiger partial charge in [0, 0.05) is 23.4 Å². The first-order valence-electron chi connectivity index (χ1n) is 6.38. The van der Waals surface area contributed by atoms with E-state index in [-0.39, 0.29) is 0 Å². The predicted octanol–water partition coefficient (Wildman–Crippen LogP) is 3.44. The number of piperidine rings is 1. The van der Waals surface area contributed by atoms with Gasteiger partial charge in [0.2, 0.25) is 0 Å². The largest absolute Gasteiger partial charge is 0.352 e. The fourth-order valence-corrected chi connectivity index (χ4v) is 4.13. The molecule has 2 fully saturated rings. The van der Waals surface area contributed by atoms with Crippen LogP contribution in [0.25, 0.3) is 0 Å². The fraction of sp³-hybridized carbons (Fsp3) is 0.500. The smallest absolute Gasteiger partial charge is 0.109 e. The maximum Gasteiger partial charge on any atom is 0.109 e. The molecule has 88 valence electrons. The van der Waals surface area contributed by atoms with Crippen LogP contribution in [0, 0.1) is 5.92 Å². The lowest BCUT2D eigenvalue weighted by molar-refractivity contribution is 0.317. The number of para-hydroxylation sites is 1. The van der Waals surface area contributed by atoms with E-state index >= 15 is 0 Å². The van der Waals surface area contributed by atoms with Gasteiger partial charge in [0.05, 0.1) is 5.69 Å². The summed E-state index contributed by atoms with van der Waals surface area (Å²) >= 11 is 1.81. The number of nitrogens with zero attached hydrogens (tertiary/aromatic N) is 2. The van der Waals surface area contributed by atoms with E-state index in [0.29, 0.717) is 0 Å². The maximum atomic E-state index is 4.98. The molecule has 2 unspecified atom stereocenters. The molecule has 17 heavy (non-hydrogen) atoms. The first-order chi connectivity index (χ1) is 8.36. The fourth-order valence-electron chi connectivity index (χ4n) is 3.55. The number of hydrogen-bond donors (Lipinski definition) is 0. The monoisotopic (exact) mass is 244 g/mol. The van der Waals surface area contributed by atoms with E-state index in [1.165, 1.54) is 41.2 Å². The molecule has 4 rings (SSSR count). The highest BCUT2D eigenvalue weighted by Crippen LogP contribution is 2.45. The van der Waals surface area contributed by atoms with Crippen molar-refractivity contribution in [1.29, 1.82) is 0 Å². The van der Waals surface area contributed by atoms with Crippen molar-refractivity contribution in [3.63, 3.8) is 0 Å². The molecule has 2 aliphatic heterocycles. The molecule has 2 nitrogen and oxygen atoms in total. The predicted molar refractivity (Wildman–Crippen MR) is 72.0 cm³/mol. The Kier molecular flexibility index (Phi) is 2.07. The Morgan fingerprint density at radius 3 is 3.18 bits per heavy atom. The normalized spacial score (nSPS) is 29.0. The van der Waals surface area contributed by atoms with Crippen LogP contribution in [0.3, 0.4) is 0 Å². The van der Waals surface area contributed by atoms with Gasteiger partial charge in [-0.3, -0.25) is 0 Å². The number of benzene rings is 1. The lowest BCUT2D eigenvalue weighted by Gasteiger charge is -2.34. The molecule has 2 atom stereocenters. The summed E-state index contributed by atoms with van der Waals surface area (Å²) in [5.74, 6) is 2.14. The first kappa shape index (κ1) is 10.0. The lowest BCUT2D eigenvalue weighted by Crippen LogP contribution is -2.38. The highest BCUT2D eigenvalue weighted by atomic mass is 32.2. The van der Waals surface area contributed by atoms with Crippen LogP contribution in [0.1, 0.15) is 24.8 Å². The zero-order valence-corrected chi connectivity index (χ0v) is 10.8. The average Bonchev–Trinajstić information content (AvgIpc) is 2.97. The van der Waals surface area contributed by atoms with Crippen LogP contribution in [0.5, 0.6) is 0 Å². The zero-order valence-electron chi connectivity index (χ0n) is 10.0. The second-order valence-electron chi connectivity index (χ2n) is 5.23. The molecule has 1 aliphatic carbocycles. The second kappa shape index (κ2) is 3.52. The van der Waals surface area contributed by atoms with Gasteiger partial charge in [-0.25, -0.2) is 4.99 Å². The third-order valence-electron chi connectivity index (χ3n) is 4.37. The maximum absolute atomic E-state index is 4.98. The number of aliphatic imine (C=N–C) groups is 1. The Hall–Kier alpha value is -0.960. The van der Waals surface area contributed by atoms with Gasteiger partial charge in [-0.15, -0.1) is 11.8 Å². The Balaban J connectivity index is 1.85. The first-order valence-corrected chi connectivity index (χ1v) is 7.60. The van der Waals surface area contributed by atoms with E-state index < -0.39 is 0 Å². The molecule has 0 spiro atoms. The summed E-state index contributed by atoms with van der Waals surface area (Å²) in [7, 11) is 0. The summed E-state index contributed by atoms with van der Waals surface area (Å²) < 4.78 is 0. The molecule has 0 amide bonds. The Morgan fingerprint density at radius 2 is 2.29 bits per heavy atom. The van der Waals surface area contributed by atoms with Gasteiger partial charge in [0.1, 0.15) is 5.84 Å². The van der Waals surface area contributed by atoms with Crippen LogP contribution >= 0.6 is 11.8 Å².